The summed E-state index contributed by atoms with van der Waals surface area (Å²) < 4.78 is 25.3. The second-order valence-electron chi connectivity index (χ2n) is 8.50. The van der Waals surface area contributed by atoms with E-state index in [-0.39, 0.29) is 11.7 Å². The number of rotatable bonds is 6. The molecule has 1 fully saturated rings. The number of benzene rings is 1. The molecule has 36 heavy (non-hydrogen) atoms. The predicted octanol–water partition coefficient (Wildman–Crippen LogP) is 5.14. The second-order valence-corrected chi connectivity index (χ2v) is 8.93. The van der Waals surface area contributed by atoms with E-state index in [9.17, 15) is 9.18 Å². The van der Waals surface area contributed by atoms with Crippen molar-refractivity contribution >= 4 is 34.5 Å². The Morgan fingerprint density at radius 1 is 1.28 bits per heavy atom. The molecule has 0 unspecified atom stereocenters. The summed E-state index contributed by atoms with van der Waals surface area (Å²) in [5.74, 6) is 0.841. The number of aromatic nitrogens is 4. The standard InChI is InChI=1S/C25H24ClFN6O3/c1-35-20-6-2-3-7-21(20)36-25(34)33-8-4-5-15(14-33)10-28-24-19(27)13-31-23(32-24)18-12-30-22-17(18)9-16(26)11-29-22/h2-3,6-7,9,11-13,15H,4-5,8,10,14H2,1H3,(H,29,30)(H,28,31,32)/t15-/m1/s1. The number of carbonyl (C=O) groups is 1. The Balaban J connectivity index is 1.25. The lowest BCUT2D eigenvalue weighted by Crippen LogP contribution is -2.43. The minimum atomic E-state index is -0.557. The number of aromatic amines is 1. The first-order valence-corrected chi connectivity index (χ1v) is 11.9. The Kier molecular flexibility index (Phi) is 6.86. The largest absolute Gasteiger partial charge is 0.493 e. The Bertz CT molecular complexity index is 1400. The number of hydrogen-bond donors (Lipinski definition) is 2. The van der Waals surface area contributed by atoms with Gasteiger partial charge in [-0.2, -0.15) is 0 Å². The zero-order valence-electron chi connectivity index (χ0n) is 19.5. The highest BCUT2D eigenvalue weighted by atomic mass is 35.5. The maximum Gasteiger partial charge on any atom is 0.415 e. The zero-order valence-corrected chi connectivity index (χ0v) is 20.3. The van der Waals surface area contributed by atoms with Crippen LogP contribution in [0.4, 0.5) is 15.0 Å². The molecule has 1 atom stereocenters. The van der Waals surface area contributed by atoms with Crippen molar-refractivity contribution in [1.82, 2.24) is 24.8 Å². The van der Waals surface area contributed by atoms with Crippen LogP contribution in [0.25, 0.3) is 22.4 Å². The minimum absolute atomic E-state index is 0.0953. The van der Waals surface area contributed by atoms with Gasteiger partial charge in [0.05, 0.1) is 18.3 Å². The van der Waals surface area contributed by atoms with Crippen LogP contribution in [0, 0.1) is 11.7 Å². The summed E-state index contributed by atoms with van der Waals surface area (Å²) in [4.78, 5) is 30.2. The summed E-state index contributed by atoms with van der Waals surface area (Å²) in [5.41, 5.74) is 1.31. The average Bonchev–Trinajstić information content (AvgIpc) is 3.31. The number of pyridine rings is 1. The van der Waals surface area contributed by atoms with E-state index in [0.717, 1.165) is 24.4 Å². The Hall–Kier alpha value is -3.92. The number of anilines is 1. The van der Waals surface area contributed by atoms with Gasteiger partial charge < -0.3 is 24.7 Å². The summed E-state index contributed by atoms with van der Waals surface area (Å²) in [7, 11) is 1.53. The summed E-state index contributed by atoms with van der Waals surface area (Å²) >= 11 is 6.09. The number of hydrogen-bond acceptors (Lipinski definition) is 7. The number of fused-ring (bicyclic) bond motifs is 1. The molecule has 1 amide bonds. The zero-order chi connectivity index (χ0) is 25.1. The van der Waals surface area contributed by atoms with Gasteiger partial charge in [0.1, 0.15) is 5.65 Å². The molecular formula is C25H24ClFN6O3. The van der Waals surface area contributed by atoms with Gasteiger partial charge in [-0.05, 0) is 37.0 Å². The van der Waals surface area contributed by atoms with E-state index >= 15 is 0 Å². The average molecular weight is 511 g/mol. The van der Waals surface area contributed by atoms with E-state index in [4.69, 9.17) is 21.1 Å². The number of H-pyrrole nitrogens is 1. The molecule has 1 saturated heterocycles. The van der Waals surface area contributed by atoms with Gasteiger partial charge in [-0.15, -0.1) is 0 Å². The number of nitrogens with zero attached hydrogens (tertiary/aromatic N) is 4. The molecule has 9 nitrogen and oxygen atoms in total. The molecule has 3 aromatic heterocycles. The van der Waals surface area contributed by atoms with Crippen LogP contribution in [0.15, 0.2) is 48.9 Å². The van der Waals surface area contributed by atoms with Crippen molar-refractivity contribution in [3.05, 3.63) is 59.8 Å². The molecule has 0 aliphatic carbocycles. The summed E-state index contributed by atoms with van der Waals surface area (Å²) in [6.45, 7) is 1.51. The third kappa shape index (κ3) is 5.03. The van der Waals surface area contributed by atoms with E-state index in [1.807, 2.05) is 0 Å². The van der Waals surface area contributed by atoms with Crippen molar-refractivity contribution in [3.63, 3.8) is 0 Å². The van der Waals surface area contributed by atoms with Crippen LogP contribution in [-0.2, 0) is 0 Å². The first-order valence-electron chi connectivity index (χ1n) is 11.5. The molecule has 0 radical (unpaired) electrons. The monoisotopic (exact) mass is 510 g/mol. The van der Waals surface area contributed by atoms with Gasteiger partial charge in [0, 0.05) is 43.0 Å². The highest BCUT2D eigenvalue weighted by Crippen LogP contribution is 2.29. The van der Waals surface area contributed by atoms with Gasteiger partial charge in [0.25, 0.3) is 0 Å². The Morgan fingerprint density at radius 3 is 2.94 bits per heavy atom. The number of likely N-dealkylation sites (tertiary alicyclic amines) is 1. The molecule has 5 rings (SSSR count). The van der Waals surface area contributed by atoms with E-state index in [1.165, 1.54) is 7.11 Å². The van der Waals surface area contributed by atoms with E-state index in [1.54, 1.807) is 47.6 Å². The van der Waals surface area contributed by atoms with Crippen molar-refractivity contribution in [2.45, 2.75) is 12.8 Å². The molecule has 4 aromatic rings. The number of para-hydroxylation sites is 2. The number of amides is 1. The first kappa shape index (κ1) is 23.8. The normalized spacial score (nSPS) is 15.6. The summed E-state index contributed by atoms with van der Waals surface area (Å²) in [6.07, 6.45) is 5.66. The lowest BCUT2D eigenvalue weighted by Gasteiger charge is -2.32. The molecule has 1 aliphatic heterocycles. The molecule has 4 heterocycles. The topological polar surface area (TPSA) is 105 Å². The van der Waals surface area contributed by atoms with Gasteiger partial charge in [0.2, 0.25) is 0 Å². The predicted molar refractivity (Wildman–Crippen MR) is 134 cm³/mol. The number of nitrogens with one attached hydrogen (secondary N) is 2. The first-order chi connectivity index (χ1) is 17.5. The molecule has 1 aromatic carbocycles. The van der Waals surface area contributed by atoms with E-state index in [0.29, 0.717) is 53.2 Å². The number of ether oxygens (including phenoxy) is 2. The van der Waals surface area contributed by atoms with Gasteiger partial charge >= 0.3 is 6.09 Å². The minimum Gasteiger partial charge on any atom is -0.493 e. The fourth-order valence-corrected chi connectivity index (χ4v) is 4.44. The number of carbonyl (C=O) groups excluding carboxylic acids is 1. The fraction of sp³-hybridized carbons (Fsp3) is 0.280. The summed E-state index contributed by atoms with van der Waals surface area (Å²) in [6, 6.07) is 8.77. The highest BCUT2D eigenvalue weighted by Gasteiger charge is 2.26. The quantitative estimate of drug-likeness (QED) is 0.370. The number of piperidine rings is 1. The smallest absolute Gasteiger partial charge is 0.415 e. The molecule has 1 aliphatic rings. The van der Waals surface area contributed by atoms with Gasteiger partial charge in [-0.3, -0.25) is 0 Å². The van der Waals surface area contributed by atoms with Gasteiger partial charge in [-0.25, -0.2) is 24.1 Å². The van der Waals surface area contributed by atoms with Crippen LogP contribution in [0.2, 0.25) is 5.02 Å². The van der Waals surface area contributed by atoms with Crippen molar-refractivity contribution in [3.8, 4) is 22.9 Å². The van der Waals surface area contributed by atoms with Crippen LogP contribution in [0.1, 0.15) is 12.8 Å². The molecule has 0 spiro atoms. The SMILES string of the molecule is COc1ccccc1OC(=O)N1CCC[C@H](CNc2nc(-c3c[nH]c4ncc(Cl)cc34)ncc2F)C1. The molecule has 11 heteroatoms. The van der Waals surface area contributed by atoms with Crippen molar-refractivity contribution in [2.75, 3.05) is 32.1 Å². The van der Waals surface area contributed by atoms with Crippen molar-refractivity contribution < 1.29 is 18.7 Å². The van der Waals surface area contributed by atoms with Crippen LogP contribution in [-0.4, -0.2) is 57.7 Å². The lowest BCUT2D eigenvalue weighted by atomic mass is 9.98. The molecule has 0 bridgehead atoms. The molecule has 186 valence electrons. The third-order valence-corrected chi connectivity index (χ3v) is 6.29. The number of methoxy groups -OCH3 is 1. The maximum absolute atomic E-state index is 14.5. The maximum atomic E-state index is 14.5. The second kappa shape index (κ2) is 10.4. The molecular weight excluding hydrogens is 487 g/mol. The Labute approximate surface area is 211 Å². The van der Waals surface area contributed by atoms with E-state index in [2.05, 4.69) is 25.3 Å². The molecule has 0 saturated carbocycles. The lowest BCUT2D eigenvalue weighted by molar-refractivity contribution is 0.127. The Morgan fingerprint density at radius 2 is 2.11 bits per heavy atom. The van der Waals surface area contributed by atoms with E-state index < -0.39 is 11.9 Å². The van der Waals surface area contributed by atoms with Crippen LogP contribution in [0.3, 0.4) is 0 Å². The van der Waals surface area contributed by atoms with Crippen molar-refractivity contribution in [1.29, 1.82) is 0 Å². The summed E-state index contributed by atoms with van der Waals surface area (Å²) in [5, 5.41) is 4.32. The van der Waals surface area contributed by atoms with Crippen LogP contribution >= 0.6 is 11.6 Å². The fourth-order valence-electron chi connectivity index (χ4n) is 4.28. The third-order valence-electron chi connectivity index (χ3n) is 6.08. The van der Waals surface area contributed by atoms with Crippen LogP contribution < -0.4 is 14.8 Å². The van der Waals surface area contributed by atoms with Gasteiger partial charge in [0.15, 0.2) is 29.0 Å². The van der Waals surface area contributed by atoms with Crippen LogP contribution in [0.5, 0.6) is 11.5 Å². The van der Waals surface area contributed by atoms with Gasteiger partial charge in [-0.1, -0.05) is 23.7 Å². The number of halogens is 2. The highest BCUT2D eigenvalue weighted by molar-refractivity contribution is 6.31. The molecule has 2 N–H and O–H groups in total. The van der Waals surface area contributed by atoms with Crippen molar-refractivity contribution in [2.24, 2.45) is 5.92 Å².